The lowest BCUT2D eigenvalue weighted by atomic mass is 10.1. The monoisotopic (exact) mass is 347 g/mol. The number of aryl methyl sites for hydroxylation is 2. The van der Waals surface area contributed by atoms with Gasteiger partial charge in [0.25, 0.3) is 0 Å². The largest absolute Gasteiger partial charge is 0.465 e. The lowest BCUT2D eigenvalue weighted by molar-refractivity contribution is -0.142. The normalized spacial score (nSPS) is 10.7. The lowest BCUT2D eigenvalue weighted by Gasteiger charge is -2.24. The van der Waals surface area contributed by atoms with Crippen LogP contribution in [0.2, 0.25) is 0 Å². The maximum atomic E-state index is 12.0. The maximum absolute atomic E-state index is 12.0. The molecular formula is C18H25N3O4. The second-order valence-corrected chi connectivity index (χ2v) is 5.68. The Morgan fingerprint density at radius 2 is 1.68 bits per heavy atom. The molecule has 7 heteroatoms. The average Bonchev–Trinajstić information content (AvgIpc) is 2.95. The fourth-order valence-electron chi connectivity index (χ4n) is 2.77. The van der Waals surface area contributed by atoms with Crippen LogP contribution in [0.5, 0.6) is 0 Å². The van der Waals surface area contributed by atoms with Crippen molar-refractivity contribution in [2.75, 3.05) is 31.2 Å². The van der Waals surface area contributed by atoms with Crippen molar-refractivity contribution in [2.24, 2.45) is 0 Å². The summed E-state index contributed by atoms with van der Waals surface area (Å²) in [6.45, 7) is 8.05. The highest BCUT2D eigenvalue weighted by molar-refractivity contribution is 5.89. The summed E-state index contributed by atoms with van der Waals surface area (Å²) in [5.74, 6) is -0.773. The van der Waals surface area contributed by atoms with Crippen molar-refractivity contribution >= 4 is 28.5 Å². The molecule has 0 aliphatic rings. The Morgan fingerprint density at radius 1 is 1.08 bits per heavy atom. The molecule has 0 aliphatic heterocycles. The van der Waals surface area contributed by atoms with Crippen molar-refractivity contribution < 1.29 is 19.1 Å². The molecule has 0 unspecified atom stereocenters. The second-order valence-electron chi connectivity index (χ2n) is 5.68. The first-order chi connectivity index (χ1) is 12.0. The van der Waals surface area contributed by atoms with Gasteiger partial charge < -0.3 is 14.4 Å². The van der Waals surface area contributed by atoms with E-state index in [0.29, 0.717) is 13.2 Å². The molecule has 2 rings (SSSR count). The van der Waals surface area contributed by atoms with Gasteiger partial charge in [-0.3, -0.25) is 14.7 Å². The molecule has 136 valence electrons. The highest BCUT2D eigenvalue weighted by Gasteiger charge is 2.20. The number of fused-ring (bicyclic) bond motifs is 1. The van der Waals surface area contributed by atoms with Crippen LogP contribution in [0, 0.1) is 6.92 Å². The van der Waals surface area contributed by atoms with Gasteiger partial charge in [0.2, 0.25) is 0 Å². The second kappa shape index (κ2) is 8.50. The van der Waals surface area contributed by atoms with Gasteiger partial charge in [0.05, 0.1) is 18.7 Å². The van der Waals surface area contributed by atoms with Gasteiger partial charge in [-0.1, -0.05) is 6.92 Å². The van der Waals surface area contributed by atoms with Crippen LogP contribution >= 0.6 is 0 Å². The number of H-pyrrole nitrogens is 1. The van der Waals surface area contributed by atoms with Crippen LogP contribution in [0.25, 0.3) is 10.9 Å². The number of aromatic nitrogens is 2. The van der Waals surface area contributed by atoms with Crippen molar-refractivity contribution in [1.29, 1.82) is 0 Å². The molecule has 0 fully saturated rings. The Balaban J connectivity index is 2.37. The van der Waals surface area contributed by atoms with Gasteiger partial charge in [0, 0.05) is 16.8 Å². The number of esters is 2. The molecule has 0 saturated carbocycles. The number of hydrogen-bond acceptors (Lipinski definition) is 6. The van der Waals surface area contributed by atoms with E-state index in [-0.39, 0.29) is 25.0 Å². The molecule has 1 N–H and O–H groups in total. The molecule has 7 nitrogen and oxygen atoms in total. The quantitative estimate of drug-likeness (QED) is 0.738. The zero-order valence-corrected chi connectivity index (χ0v) is 15.2. The Hall–Kier alpha value is -2.57. The standard InChI is InChI=1S/C18H25N3O4/c1-5-14-13-8-12(4)16(9-15(13)20-19-14)21(10-17(22)24-6-2)11-18(23)25-7-3/h8-9H,5-7,10-11H2,1-4H3,(H,19,20). The number of anilines is 1. The van der Waals surface area contributed by atoms with E-state index < -0.39 is 0 Å². The highest BCUT2D eigenvalue weighted by atomic mass is 16.5. The summed E-state index contributed by atoms with van der Waals surface area (Å²) in [5.41, 5.74) is 3.59. The first-order valence-corrected chi connectivity index (χ1v) is 8.53. The number of ether oxygens (including phenoxy) is 2. The van der Waals surface area contributed by atoms with Gasteiger partial charge >= 0.3 is 11.9 Å². The molecule has 0 atom stereocenters. The average molecular weight is 347 g/mol. The lowest BCUT2D eigenvalue weighted by Crippen LogP contribution is -2.36. The van der Waals surface area contributed by atoms with E-state index in [2.05, 4.69) is 17.1 Å². The van der Waals surface area contributed by atoms with Crippen LogP contribution < -0.4 is 4.90 Å². The zero-order valence-electron chi connectivity index (χ0n) is 15.2. The van der Waals surface area contributed by atoms with Gasteiger partial charge in [-0.2, -0.15) is 5.10 Å². The summed E-state index contributed by atoms with van der Waals surface area (Å²) in [6, 6.07) is 3.91. The van der Waals surface area contributed by atoms with E-state index in [4.69, 9.17) is 9.47 Å². The summed E-state index contributed by atoms with van der Waals surface area (Å²) < 4.78 is 10.1. The van der Waals surface area contributed by atoms with Crippen LogP contribution in [-0.4, -0.2) is 48.4 Å². The fraction of sp³-hybridized carbons (Fsp3) is 0.500. The number of benzene rings is 1. The predicted molar refractivity (Wildman–Crippen MR) is 95.7 cm³/mol. The number of hydrogen-bond donors (Lipinski definition) is 1. The number of rotatable bonds is 8. The number of nitrogens with zero attached hydrogens (tertiary/aromatic N) is 2. The van der Waals surface area contributed by atoms with Crippen molar-refractivity contribution in [1.82, 2.24) is 10.2 Å². The van der Waals surface area contributed by atoms with Gasteiger partial charge in [-0.25, -0.2) is 0 Å². The Labute approximate surface area is 147 Å². The Kier molecular flexibility index (Phi) is 6.38. The third kappa shape index (κ3) is 4.49. The van der Waals surface area contributed by atoms with E-state index in [1.54, 1.807) is 18.7 Å². The number of carbonyl (C=O) groups excluding carboxylic acids is 2. The van der Waals surface area contributed by atoms with Crippen LogP contribution in [0.1, 0.15) is 32.0 Å². The molecule has 0 amide bonds. The summed E-state index contributed by atoms with van der Waals surface area (Å²) in [7, 11) is 0. The Morgan fingerprint density at radius 3 is 2.20 bits per heavy atom. The zero-order chi connectivity index (χ0) is 18.4. The topological polar surface area (TPSA) is 84.5 Å². The van der Waals surface area contributed by atoms with Gasteiger partial charge in [0.1, 0.15) is 13.1 Å². The fourth-order valence-corrected chi connectivity index (χ4v) is 2.77. The molecule has 1 aromatic heterocycles. The summed E-state index contributed by atoms with van der Waals surface area (Å²) >= 11 is 0. The number of nitrogens with one attached hydrogen (secondary N) is 1. The minimum atomic E-state index is -0.387. The Bertz CT molecular complexity index is 734. The third-order valence-corrected chi connectivity index (χ3v) is 3.90. The molecule has 1 heterocycles. The first-order valence-electron chi connectivity index (χ1n) is 8.53. The molecule has 0 radical (unpaired) electrons. The smallest absolute Gasteiger partial charge is 0.325 e. The van der Waals surface area contributed by atoms with Crippen molar-refractivity contribution in [2.45, 2.75) is 34.1 Å². The molecule has 0 saturated heterocycles. The molecular weight excluding hydrogens is 322 g/mol. The molecule has 0 spiro atoms. The van der Waals surface area contributed by atoms with Gasteiger partial charge in [-0.15, -0.1) is 0 Å². The SMILES string of the molecule is CCOC(=O)CN(CC(=O)OCC)c1cc2n[nH]c(CC)c2cc1C. The maximum Gasteiger partial charge on any atom is 0.325 e. The van der Waals surface area contributed by atoms with E-state index in [9.17, 15) is 9.59 Å². The van der Waals surface area contributed by atoms with E-state index in [1.807, 2.05) is 19.1 Å². The van der Waals surface area contributed by atoms with Crippen LogP contribution in [-0.2, 0) is 25.5 Å². The van der Waals surface area contributed by atoms with E-state index >= 15 is 0 Å². The van der Waals surface area contributed by atoms with Crippen molar-refractivity contribution in [3.63, 3.8) is 0 Å². The minimum Gasteiger partial charge on any atom is -0.465 e. The van der Waals surface area contributed by atoms with Gasteiger partial charge in [0.15, 0.2) is 0 Å². The first kappa shape index (κ1) is 18.8. The van der Waals surface area contributed by atoms with Crippen LogP contribution in [0.15, 0.2) is 12.1 Å². The summed E-state index contributed by atoms with van der Waals surface area (Å²) in [5, 5.41) is 8.40. The molecule has 2 aromatic rings. The predicted octanol–water partition coefficient (Wildman–Crippen LogP) is 2.37. The van der Waals surface area contributed by atoms with Gasteiger partial charge in [-0.05, 0) is 44.9 Å². The summed E-state index contributed by atoms with van der Waals surface area (Å²) in [4.78, 5) is 25.6. The van der Waals surface area contributed by atoms with E-state index in [0.717, 1.165) is 34.3 Å². The molecule has 0 aliphatic carbocycles. The number of aromatic amines is 1. The molecule has 25 heavy (non-hydrogen) atoms. The van der Waals surface area contributed by atoms with E-state index in [1.165, 1.54) is 0 Å². The summed E-state index contributed by atoms with van der Waals surface area (Å²) in [6.07, 6.45) is 0.852. The minimum absolute atomic E-state index is 0.0238. The number of carbonyl (C=O) groups is 2. The van der Waals surface area contributed by atoms with Crippen LogP contribution in [0.3, 0.4) is 0 Å². The van der Waals surface area contributed by atoms with Crippen LogP contribution in [0.4, 0.5) is 5.69 Å². The van der Waals surface area contributed by atoms with Crippen molar-refractivity contribution in [3.8, 4) is 0 Å². The molecule has 0 bridgehead atoms. The molecule has 1 aromatic carbocycles. The highest BCUT2D eigenvalue weighted by Crippen LogP contribution is 2.27. The third-order valence-electron chi connectivity index (χ3n) is 3.90. The van der Waals surface area contributed by atoms with Crippen molar-refractivity contribution in [3.05, 3.63) is 23.4 Å².